The van der Waals surface area contributed by atoms with E-state index in [0.29, 0.717) is 18.5 Å². The van der Waals surface area contributed by atoms with E-state index in [-0.39, 0.29) is 36.1 Å². The minimum atomic E-state index is -3.83. The SMILES string of the molecule is CCOC(=O)c1ccccc1NC(=O)[C@@H]1CCCN(S(=O)(=O)c2ccc(F)cc2)C1. The number of nitrogens with one attached hydrogen (secondary N) is 1. The van der Waals surface area contributed by atoms with E-state index in [0.717, 1.165) is 12.1 Å². The zero-order valence-electron chi connectivity index (χ0n) is 16.5. The Kier molecular flexibility index (Phi) is 6.84. The first-order chi connectivity index (χ1) is 14.3. The number of nitrogens with zero attached hydrogens (tertiary/aromatic N) is 1. The third-order valence-corrected chi connectivity index (χ3v) is 6.77. The van der Waals surface area contributed by atoms with Crippen molar-refractivity contribution in [3.8, 4) is 0 Å². The van der Waals surface area contributed by atoms with Crippen LogP contribution in [0.25, 0.3) is 0 Å². The maximum atomic E-state index is 13.1. The van der Waals surface area contributed by atoms with E-state index in [9.17, 15) is 22.4 Å². The summed E-state index contributed by atoms with van der Waals surface area (Å²) in [6.45, 7) is 2.19. The third kappa shape index (κ3) is 4.85. The number of anilines is 1. The average molecular weight is 434 g/mol. The summed E-state index contributed by atoms with van der Waals surface area (Å²) in [5.74, 6) is -2.02. The van der Waals surface area contributed by atoms with Gasteiger partial charge in [-0.05, 0) is 56.2 Å². The fraction of sp³-hybridized carbons (Fsp3) is 0.333. The molecule has 0 unspecified atom stereocenters. The van der Waals surface area contributed by atoms with Crippen molar-refractivity contribution in [3.05, 3.63) is 59.9 Å². The number of amides is 1. The summed E-state index contributed by atoms with van der Waals surface area (Å²) < 4.78 is 45.1. The second-order valence-corrected chi connectivity index (χ2v) is 8.85. The lowest BCUT2D eigenvalue weighted by atomic mass is 9.98. The molecular formula is C21H23FN2O5S. The number of rotatable bonds is 6. The molecule has 7 nitrogen and oxygen atoms in total. The van der Waals surface area contributed by atoms with Crippen molar-refractivity contribution in [2.45, 2.75) is 24.7 Å². The normalized spacial score (nSPS) is 17.3. The number of hydrogen-bond donors (Lipinski definition) is 1. The molecule has 0 spiro atoms. The summed E-state index contributed by atoms with van der Waals surface area (Å²) in [7, 11) is -3.83. The number of halogens is 1. The highest BCUT2D eigenvalue weighted by Gasteiger charge is 2.33. The van der Waals surface area contributed by atoms with Crippen LogP contribution in [0.4, 0.5) is 10.1 Å². The fourth-order valence-electron chi connectivity index (χ4n) is 3.34. The van der Waals surface area contributed by atoms with Gasteiger partial charge >= 0.3 is 5.97 Å². The van der Waals surface area contributed by atoms with Crippen LogP contribution in [0, 0.1) is 11.7 Å². The van der Waals surface area contributed by atoms with Gasteiger partial charge in [-0.15, -0.1) is 0 Å². The van der Waals surface area contributed by atoms with Crippen LogP contribution < -0.4 is 5.32 Å². The molecule has 1 heterocycles. The minimum absolute atomic E-state index is 0.00706. The second kappa shape index (κ2) is 9.36. The first kappa shape index (κ1) is 21.9. The number of para-hydroxylation sites is 1. The maximum absolute atomic E-state index is 13.1. The van der Waals surface area contributed by atoms with Crippen molar-refractivity contribution >= 4 is 27.6 Å². The van der Waals surface area contributed by atoms with Crippen molar-refractivity contribution < 1.29 is 27.1 Å². The van der Waals surface area contributed by atoms with Crippen LogP contribution >= 0.6 is 0 Å². The lowest BCUT2D eigenvalue weighted by Crippen LogP contribution is -2.43. The number of esters is 1. The van der Waals surface area contributed by atoms with E-state index in [1.54, 1.807) is 31.2 Å². The van der Waals surface area contributed by atoms with Gasteiger partial charge in [0.2, 0.25) is 15.9 Å². The highest BCUT2D eigenvalue weighted by Crippen LogP contribution is 2.26. The van der Waals surface area contributed by atoms with Crippen LogP contribution in [0.5, 0.6) is 0 Å². The van der Waals surface area contributed by atoms with E-state index in [1.807, 2.05) is 0 Å². The van der Waals surface area contributed by atoms with Crippen LogP contribution in [-0.4, -0.2) is 44.3 Å². The number of benzene rings is 2. The third-order valence-electron chi connectivity index (χ3n) is 4.89. The topological polar surface area (TPSA) is 92.8 Å². The Morgan fingerprint density at radius 3 is 2.57 bits per heavy atom. The zero-order valence-corrected chi connectivity index (χ0v) is 17.3. The standard InChI is InChI=1S/C21H23FN2O5S/c1-2-29-21(26)18-7-3-4-8-19(18)23-20(25)15-6-5-13-24(14-15)30(27,28)17-11-9-16(22)10-12-17/h3-4,7-12,15H,2,5-6,13-14H2,1H3,(H,23,25)/t15-/m1/s1. The average Bonchev–Trinajstić information content (AvgIpc) is 2.74. The summed E-state index contributed by atoms with van der Waals surface area (Å²) in [4.78, 5) is 24.9. The summed E-state index contributed by atoms with van der Waals surface area (Å²) in [5.41, 5.74) is 0.554. The van der Waals surface area contributed by atoms with Gasteiger partial charge in [-0.2, -0.15) is 4.31 Å². The molecule has 2 aromatic rings. The first-order valence-corrected chi connectivity index (χ1v) is 11.1. The number of piperidine rings is 1. The number of sulfonamides is 1. The Morgan fingerprint density at radius 1 is 1.17 bits per heavy atom. The predicted molar refractivity (Wildman–Crippen MR) is 109 cm³/mol. The van der Waals surface area contributed by atoms with E-state index in [4.69, 9.17) is 4.74 Å². The molecule has 0 radical (unpaired) electrons. The molecule has 1 aliphatic heterocycles. The quantitative estimate of drug-likeness (QED) is 0.706. The van der Waals surface area contributed by atoms with Crippen molar-refractivity contribution in [1.29, 1.82) is 0 Å². The van der Waals surface area contributed by atoms with Gasteiger partial charge in [-0.25, -0.2) is 17.6 Å². The molecule has 0 aliphatic carbocycles. The van der Waals surface area contributed by atoms with Gasteiger partial charge in [-0.1, -0.05) is 12.1 Å². The van der Waals surface area contributed by atoms with Gasteiger partial charge in [0.1, 0.15) is 5.82 Å². The van der Waals surface area contributed by atoms with E-state index < -0.39 is 27.7 Å². The van der Waals surface area contributed by atoms with Gasteiger partial charge in [-0.3, -0.25) is 4.79 Å². The molecule has 1 amide bonds. The smallest absolute Gasteiger partial charge is 0.340 e. The Labute approximate surface area is 174 Å². The Morgan fingerprint density at radius 2 is 1.87 bits per heavy atom. The lowest BCUT2D eigenvalue weighted by molar-refractivity contribution is -0.120. The maximum Gasteiger partial charge on any atom is 0.340 e. The molecule has 1 saturated heterocycles. The monoisotopic (exact) mass is 434 g/mol. The van der Waals surface area contributed by atoms with E-state index in [1.165, 1.54) is 16.4 Å². The molecule has 1 atom stereocenters. The number of hydrogen-bond acceptors (Lipinski definition) is 5. The van der Waals surface area contributed by atoms with E-state index >= 15 is 0 Å². The molecule has 0 saturated carbocycles. The Bertz CT molecular complexity index is 1020. The molecule has 2 aromatic carbocycles. The molecule has 1 N–H and O–H groups in total. The molecule has 3 rings (SSSR count). The molecule has 0 bridgehead atoms. The Hall–Kier alpha value is -2.78. The highest BCUT2D eigenvalue weighted by molar-refractivity contribution is 7.89. The van der Waals surface area contributed by atoms with Gasteiger partial charge in [0.25, 0.3) is 0 Å². The predicted octanol–water partition coefficient (Wildman–Crippen LogP) is 3.04. The lowest BCUT2D eigenvalue weighted by Gasteiger charge is -2.31. The van der Waals surface area contributed by atoms with Crippen molar-refractivity contribution in [1.82, 2.24) is 4.31 Å². The van der Waals surface area contributed by atoms with Crippen LogP contribution in [0.3, 0.4) is 0 Å². The van der Waals surface area contributed by atoms with Crippen molar-refractivity contribution in [2.24, 2.45) is 5.92 Å². The van der Waals surface area contributed by atoms with Crippen LogP contribution in [0.2, 0.25) is 0 Å². The van der Waals surface area contributed by atoms with Gasteiger partial charge in [0, 0.05) is 13.1 Å². The zero-order chi connectivity index (χ0) is 21.7. The number of carbonyl (C=O) groups is 2. The largest absolute Gasteiger partial charge is 0.462 e. The molecule has 1 aliphatic rings. The highest BCUT2D eigenvalue weighted by atomic mass is 32.2. The van der Waals surface area contributed by atoms with Crippen molar-refractivity contribution in [2.75, 3.05) is 25.0 Å². The number of carbonyl (C=O) groups excluding carboxylic acids is 2. The molecule has 0 aromatic heterocycles. The van der Waals surface area contributed by atoms with Gasteiger partial charge < -0.3 is 10.1 Å². The number of ether oxygens (including phenoxy) is 1. The summed E-state index contributed by atoms with van der Waals surface area (Å²) in [5, 5.41) is 2.73. The fourth-order valence-corrected chi connectivity index (χ4v) is 4.87. The molecule has 1 fully saturated rings. The summed E-state index contributed by atoms with van der Waals surface area (Å²) in [6, 6.07) is 11.1. The van der Waals surface area contributed by atoms with E-state index in [2.05, 4.69) is 5.32 Å². The summed E-state index contributed by atoms with van der Waals surface area (Å²) in [6.07, 6.45) is 1.03. The summed E-state index contributed by atoms with van der Waals surface area (Å²) >= 11 is 0. The molecule has 160 valence electrons. The van der Waals surface area contributed by atoms with Crippen LogP contribution in [0.15, 0.2) is 53.4 Å². The molecule has 30 heavy (non-hydrogen) atoms. The van der Waals surface area contributed by atoms with Crippen LogP contribution in [-0.2, 0) is 19.6 Å². The first-order valence-electron chi connectivity index (χ1n) is 9.65. The van der Waals surface area contributed by atoms with Crippen molar-refractivity contribution in [3.63, 3.8) is 0 Å². The van der Waals surface area contributed by atoms with Gasteiger partial charge in [0.15, 0.2) is 0 Å². The Balaban J connectivity index is 1.74. The minimum Gasteiger partial charge on any atom is -0.462 e. The van der Waals surface area contributed by atoms with Crippen LogP contribution in [0.1, 0.15) is 30.1 Å². The molecule has 9 heteroatoms. The van der Waals surface area contributed by atoms with Gasteiger partial charge in [0.05, 0.1) is 28.7 Å². The second-order valence-electron chi connectivity index (χ2n) is 6.91. The molecular weight excluding hydrogens is 411 g/mol.